The highest BCUT2D eigenvalue weighted by Gasteiger charge is 2.31. The number of rotatable bonds is 5. The monoisotopic (exact) mass is 277 g/mol. The molecule has 2 N–H and O–H groups in total. The third-order valence-corrected chi connectivity index (χ3v) is 2.78. The summed E-state index contributed by atoms with van der Waals surface area (Å²) in [6, 6.07) is 3.19. The van der Waals surface area contributed by atoms with Gasteiger partial charge >= 0.3 is 6.18 Å². The highest BCUT2D eigenvalue weighted by molar-refractivity contribution is 5.48. The predicted octanol–water partition coefficient (Wildman–Crippen LogP) is 3.48. The molecule has 1 aromatic rings. The molecular formula is C13H18F3NO2. The molecule has 0 amide bonds. The van der Waals surface area contributed by atoms with Gasteiger partial charge in [-0.2, -0.15) is 13.2 Å². The molecule has 0 aromatic heterocycles. The highest BCUT2D eigenvalue weighted by atomic mass is 19.4. The molecule has 0 heterocycles. The van der Waals surface area contributed by atoms with E-state index < -0.39 is 11.7 Å². The Morgan fingerprint density at radius 2 is 1.79 bits per heavy atom. The smallest absolute Gasteiger partial charge is 0.416 e. The zero-order valence-electron chi connectivity index (χ0n) is 11.2. The van der Waals surface area contributed by atoms with Crippen LogP contribution in [0.5, 0.6) is 5.75 Å². The number of methoxy groups -OCH3 is 1. The maximum absolute atomic E-state index is 12.6. The summed E-state index contributed by atoms with van der Waals surface area (Å²) in [6.45, 7) is 4.00. The van der Waals surface area contributed by atoms with Gasteiger partial charge in [0.05, 0.1) is 17.8 Å². The lowest BCUT2D eigenvalue weighted by Gasteiger charge is -2.22. The van der Waals surface area contributed by atoms with Crippen molar-refractivity contribution in [2.75, 3.05) is 19.5 Å². The molecule has 1 rings (SSSR count). The fourth-order valence-electron chi connectivity index (χ4n) is 1.39. The minimum absolute atomic E-state index is 0.0239. The van der Waals surface area contributed by atoms with Gasteiger partial charge in [0, 0.05) is 25.3 Å². The van der Waals surface area contributed by atoms with Gasteiger partial charge in [0.25, 0.3) is 0 Å². The van der Waals surface area contributed by atoms with Gasteiger partial charge in [0.2, 0.25) is 0 Å². The Balaban J connectivity index is 2.72. The Morgan fingerprint density at radius 3 is 2.32 bits per heavy atom. The molecule has 0 aliphatic rings. The Bertz CT molecular complexity index is 430. The maximum atomic E-state index is 12.6. The summed E-state index contributed by atoms with van der Waals surface area (Å²) in [5.41, 5.74) is 4.27. The third kappa shape index (κ3) is 4.98. The molecule has 0 saturated carbocycles. The second-order valence-electron chi connectivity index (χ2n) is 4.85. The van der Waals surface area contributed by atoms with Crippen molar-refractivity contribution >= 4 is 5.69 Å². The number of anilines is 1. The lowest BCUT2D eigenvalue weighted by atomic mass is 10.1. The lowest BCUT2D eigenvalue weighted by Crippen LogP contribution is -2.25. The van der Waals surface area contributed by atoms with E-state index in [4.69, 9.17) is 15.2 Å². The standard InChI is InChI=1S/C13H18F3NO2/c1-12(2,18-3)4-5-19-11-7-9(13(14,15)16)6-10(17)8-11/h6-8H,4-5,17H2,1-3H3. The van der Waals surface area contributed by atoms with E-state index in [1.165, 1.54) is 6.07 Å². The Labute approximate surface area is 110 Å². The van der Waals surface area contributed by atoms with Gasteiger partial charge in [0.1, 0.15) is 5.75 Å². The first-order chi connectivity index (χ1) is 8.64. The predicted molar refractivity (Wildman–Crippen MR) is 67.1 cm³/mol. The Kier molecular flexibility index (Phi) is 4.68. The molecule has 0 bridgehead atoms. The van der Waals surface area contributed by atoms with Crippen LogP contribution in [0.2, 0.25) is 0 Å². The molecule has 0 spiro atoms. The van der Waals surface area contributed by atoms with Crippen LogP contribution in [0.15, 0.2) is 18.2 Å². The van der Waals surface area contributed by atoms with E-state index in [0.717, 1.165) is 12.1 Å². The largest absolute Gasteiger partial charge is 0.493 e. The molecule has 0 saturated heterocycles. The van der Waals surface area contributed by atoms with Gasteiger partial charge in [-0.05, 0) is 26.0 Å². The minimum Gasteiger partial charge on any atom is -0.493 e. The third-order valence-electron chi connectivity index (χ3n) is 2.78. The number of hydrogen-bond acceptors (Lipinski definition) is 3. The highest BCUT2D eigenvalue weighted by Crippen LogP contribution is 2.33. The molecule has 19 heavy (non-hydrogen) atoms. The molecule has 3 nitrogen and oxygen atoms in total. The van der Waals surface area contributed by atoms with Crippen molar-refractivity contribution in [1.82, 2.24) is 0 Å². The van der Waals surface area contributed by atoms with Crippen LogP contribution in [-0.4, -0.2) is 19.3 Å². The fraction of sp³-hybridized carbons (Fsp3) is 0.538. The van der Waals surface area contributed by atoms with Crippen LogP contribution in [0.3, 0.4) is 0 Å². The summed E-state index contributed by atoms with van der Waals surface area (Å²) in [6.07, 6.45) is -3.88. The molecule has 6 heteroatoms. The zero-order chi connectivity index (χ0) is 14.7. The van der Waals surface area contributed by atoms with E-state index in [1.54, 1.807) is 7.11 Å². The van der Waals surface area contributed by atoms with Gasteiger partial charge in [-0.15, -0.1) is 0 Å². The number of benzene rings is 1. The van der Waals surface area contributed by atoms with Crippen LogP contribution in [0.25, 0.3) is 0 Å². The molecule has 0 unspecified atom stereocenters. The summed E-state index contributed by atoms with van der Waals surface area (Å²) in [5.74, 6) is 0.110. The lowest BCUT2D eigenvalue weighted by molar-refractivity contribution is -0.137. The van der Waals surface area contributed by atoms with Crippen LogP contribution in [0, 0.1) is 0 Å². The second kappa shape index (κ2) is 5.69. The second-order valence-corrected chi connectivity index (χ2v) is 4.85. The van der Waals surface area contributed by atoms with Gasteiger partial charge in [-0.3, -0.25) is 0 Å². The van der Waals surface area contributed by atoms with E-state index in [2.05, 4.69) is 0 Å². The SMILES string of the molecule is COC(C)(C)CCOc1cc(N)cc(C(F)(F)F)c1. The molecule has 0 fully saturated rings. The van der Waals surface area contributed by atoms with E-state index >= 15 is 0 Å². The minimum atomic E-state index is -4.43. The molecule has 0 aliphatic carbocycles. The zero-order valence-corrected chi connectivity index (χ0v) is 11.2. The first kappa shape index (κ1) is 15.6. The number of ether oxygens (including phenoxy) is 2. The first-order valence-corrected chi connectivity index (χ1v) is 5.80. The summed E-state index contributed by atoms with van der Waals surface area (Å²) in [5, 5.41) is 0. The summed E-state index contributed by atoms with van der Waals surface area (Å²) < 4.78 is 48.2. The quantitative estimate of drug-likeness (QED) is 0.838. The topological polar surface area (TPSA) is 44.5 Å². The van der Waals surface area contributed by atoms with Crippen molar-refractivity contribution in [3.63, 3.8) is 0 Å². The van der Waals surface area contributed by atoms with E-state index in [1.807, 2.05) is 13.8 Å². The van der Waals surface area contributed by atoms with Crippen molar-refractivity contribution in [2.45, 2.75) is 32.0 Å². The summed E-state index contributed by atoms with van der Waals surface area (Å²) in [4.78, 5) is 0. The molecule has 0 atom stereocenters. The van der Waals surface area contributed by atoms with Crippen LogP contribution < -0.4 is 10.5 Å². The molecule has 0 aliphatic heterocycles. The van der Waals surface area contributed by atoms with Crippen LogP contribution >= 0.6 is 0 Å². The summed E-state index contributed by atoms with van der Waals surface area (Å²) in [7, 11) is 1.57. The van der Waals surface area contributed by atoms with Crippen LogP contribution in [0.1, 0.15) is 25.8 Å². The van der Waals surface area contributed by atoms with Crippen molar-refractivity contribution < 1.29 is 22.6 Å². The van der Waals surface area contributed by atoms with E-state index in [0.29, 0.717) is 6.42 Å². The normalized spacial score (nSPS) is 12.5. The molecule has 108 valence electrons. The van der Waals surface area contributed by atoms with E-state index in [-0.39, 0.29) is 23.6 Å². The first-order valence-electron chi connectivity index (χ1n) is 5.80. The fourth-order valence-corrected chi connectivity index (χ4v) is 1.39. The van der Waals surface area contributed by atoms with Gasteiger partial charge in [-0.25, -0.2) is 0 Å². The van der Waals surface area contributed by atoms with Crippen molar-refractivity contribution in [2.24, 2.45) is 0 Å². The molecule has 0 radical (unpaired) electrons. The number of alkyl halides is 3. The Hall–Kier alpha value is -1.43. The molecule has 1 aromatic carbocycles. The number of nitrogens with two attached hydrogens (primary N) is 1. The van der Waals surface area contributed by atoms with Crippen LogP contribution in [0.4, 0.5) is 18.9 Å². The maximum Gasteiger partial charge on any atom is 0.416 e. The van der Waals surface area contributed by atoms with Gasteiger partial charge in [0.15, 0.2) is 0 Å². The number of hydrogen-bond donors (Lipinski definition) is 1. The number of nitrogen functional groups attached to an aromatic ring is 1. The average molecular weight is 277 g/mol. The van der Waals surface area contributed by atoms with Gasteiger partial charge in [-0.1, -0.05) is 0 Å². The average Bonchev–Trinajstić information content (AvgIpc) is 2.27. The Morgan fingerprint density at radius 1 is 1.16 bits per heavy atom. The summed E-state index contributed by atoms with van der Waals surface area (Å²) >= 11 is 0. The van der Waals surface area contributed by atoms with Crippen molar-refractivity contribution in [1.29, 1.82) is 0 Å². The van der Waals surface area contributed by atoms with Gasteiger partial charge < -0.3 is 15.2 Å². The van der Waals surface area contributed by atoms with Crippen LogP contribution in [-0.2, 0) is 10.9 Å². The molecular weight excluding hydrogens is 259 g/mol. The van der Waals surface area contributed by atoms with E-state index in [9.17, 15) is 13.2 Å². The van der Waals surface area contributed by atoms with Crippen molar-refractivity contribution in [3.8, 4) is 5.75 Å². The number of halogens is 3. The van der Waals surface area contributed by atoms with Crippen molar-refractivity contribution in [3.05, 3.63) is 23.8 Å².